The van der Waals surface area contributed by atoms with Crippen LogP contribution in [0.2, 0.25) is 0 Å². The third kappa shape index (κ3) is 4.17. The van der Waals surface area contributed by atoms with E-state index < -0.39 is 6.09 Å². The van der Waals surface area contributed by atoms with Crippen molar-refractivity contribution < 1.29 is 9.53 Å². The van der Waals surface area contributed by atoms with Crippen molar-refractivity contribution in [2.24, 2.45) is 0 Å². The fourth-order valence-corrected chi connectivity index (χ4v) is 1.87. The molecule has 21 heavy (non-hydrogen) atoms. The van der Waals surface area contributed by atoms with Crippen LogP contribution in [0.3, 0.4) is 0 Å². The third-order valence-corrected chi connectivity index (χ3v) is 2.78. The molecule has 0 spiro atoms. The standard InChI is InChI=1S/C15H17N3O3/c1-3-21-15(20)16-13-6-4-5-12(9-13)10-18-14(19)8-7-11(2)17-18/h4-9H,3,10H2,1-2H3,(H,16,20). The number of benzene rings is 1. The van der Waals surface area contributed by atoms with Crippen molar-refractivity contribution in [1.29, 1.82) is 0 Å². The number of aromatic nitrogens is 2. The quantitative estimate of drug-likeness (QED) is 0.935. The molecule has 2 rings (SSSR count). The molecule has 1 amide bonds. The summed E-state index contributed by atoms with van der Waals surface area (Å²) in [5.74, 6) is 0. The summed E-state index contributed by atoms with van der Waals surface area (Å²) in [4.78, 5) is 23.1. The topological polar surface area (TPSA) is 73.2 Å². The molecule has 2 aromatic rings. The van der Waals surface area contributed by atoms with E-state index in [9.17, 15) is 9.59 Å². The summed E-state index contributed by atoms with van der Waals surface area (Å²) in [7, 11) is 0. The lowest BCUT2D eigenvalue weighted by molar-refractivity contribution is 0.168. The first kappa shape index (κ1) is 14.8. The molecule has 1 N–H and O–H groups in total. The second-order valence-electron chi connectivity index (χ2n) is 4.52. The second-order valence-corrected chi connectivity index (χ2v) is 4.52. The van der Waals surface area contributed by atoms with Gasteiger partial charge in [-0.25, -0.2) is 9.48 Å². The first-order valence-electron chi connectivity index (χ1n) is 6.66. The van der Waals surface area contributed by atoms with Crippen LogP contribution in [0.15, 0.2) is 41.2 Å². The summed E-state index contributed by atoms with van der Waals surface area (Å²) in [5, 5.41) is 6.81. The smallest absolute Gasteiger partial charge is 0.411 e. The van der Waals surface area contributed by atoms with Gasteiger partial charge in [0.1, 0.15) is 0 Å². The Morgan fingerprint density at radius 2 is 2.14 bits per heavy atom. The van der Waals surface area contributed by atoms with E-state index in [-0.39, 0.29) is 5.56 Å². The average molecular weight is 287 g/mol. The van der Waals surface area contributed by atoms with Crippen molar-refractivity contribution in [3.63, 3.8) is 0 Å². The Hall–Kier alpha value is -2.63. The molecule has 1 aromatic carbocycles. The zero-order valence-corrected chi connectivity index (χ0v) is 12.0. The first-order chi connectivity index (χ1) is 10.1. The minimum Gasteiger partial charge on any atom is -0.450 e. The van der Waals surface area contributed by atoms with Crippen LogP contribution in [0.25, 0.3) is 0 Å². The number of hydrogen-bond acceptors (Lipinski definition) is 4. The Morgan fingerprint density at radius 3 is 2.90 bits per heavy atom. The van der Waals surface area contributed by atoms with Crippen LogP contribution in [0.1, 0.15) is 18.2 Å². The van der Waals surface area contributed by atoms with Crippen molar-refractivity contribution in [2.75, 3.05) is 11.9 Å². The summed E-state index contributed by atoms with van der Waals surface area (Å²) >= 11 is 0. The summed E-state index contributed by atoms with van der Waals surface area (Å²) in [6.07, 6.45) is -0.500. The van der Waals surface area contributed by atoms with Gasteiger partial charge in [-0.3, -0.25) is 10.1 Å². The molecule has 0 bridgehead atoms. The zero-order valence-electron chi connectivity index (χ0n) is 12.0. The van der Waals surface area contributed by atoms with Gasteiger partial charge < -0.3 is 4.74 Å². The number of hydrogen-bond donors (Lipinski definition) is 1. The number of amides is 1. The molecule has 1 heterocycles. The van der Waals surface area contributed by atoms with Gasteiger partial charge in [-0.1, -0.05) is 12.1 Å². The normalized spacial score (nSPS) is 10.2. The van der Waals surface area contributed by atoms with Crippen molar-refractivity contribution in [1.82, 2.24) is 9.78 Å². The average Bonchev–Trinajstić information content (AvgIpc) is 2.43. The minimum absolute atomic E-state index is 0.163. The SMILES string of the molecule is CCOC(=O)Nc1cccc(Cn2nc(C)ccc2=O)c1. The van der Waals surface area contributed by atoms with E-state index in [1.165, 1.54) is 10.7 Å². The van der Waals surface area contributed by atoms with Crippen molar-refractivity contribution in [3.05, 3.63) is 58.0 Å². The highest BCUT2D eigenvalue weighted by atomic mass is 16.5. The molecule has 0 atom stereocenters. The van der Waals surface area contributed by atoms with E-state index in [1.807, 2.05) is 13.0 Å². The Kier molecular flexibility index (Phi) is 4.71. The number of carbonyl (C=O) groups is 1. The van der Waals surface area contributed by atoms with E-state index in [0.717, 1.165) is 11.3 Å². The van der Waals surface area contributed by atoms with Crippen molar-refractivity contribution in [2.45, 2.75) is 20.4 Å². The lowest BCUT2D eigenvalue weighted by atomic mass is 10.2. The molecular weight excluding hydrogens is 270 g/mol. The highest BCUT2D eigenvalue weighted by Crippen LogP contribution is 2.11. The molecule has 0 saturated carbocycles. The fraction of sp³-hybridized carbons (Fsp3) is 0.267. The van der Waals surface area contributed by atoms with Gasteiger partial charge in [-0.05, 0) is 37.6 Å². The van der Waals surface area contributed by atoms with Crippen molar-refractivity contribution >= 4 is 11.8 Å². The van der Waals surface area contributed by atoms with Gasteiger partial charge in [0.2, 0.25) is 0 Å². The maximum atomic E-state index is 11.7. The molecule has 6 heteroatoms. The van der Waals surface area contributed by atoms with E-state index >= 15 is 0 Å². The predicted molar refractivity (Wildman–Crippen MR) is 79.4 cm³/mol. The van der Waals surface area contributed by atoms with Crippen LogP contribution in [0.4, 0.5) is 10.5 Å². The van der Waals surface area contributed by atoms with Gasteiger partial charge >= 0.3 is 6.09 Å². The highest BCUT2D eigenvalue weighted by molar-refractivity contribution is 5.84. The summed E-state index contributed by atoms with van der Waals surface area (Å²) in [5.41, 5.74) is 2.09. The van der Waals surface area contributed by atoms with E-state index in [4.69, 9.17) is 4.74 Å². The maximum absolute atomic E-state index is 11.7. The molecule has 0 aliphatic heterocycles. The van der Waals surface area contributed by atoms with Crippen LogP contribution in [-0.4, -0.2) is 22.5 Å². The number of rotatable bonds is 4. The third-order valence-electron chi connectivity index (χ3n) is 2.78. The number of nitrogens with zero attached hydrogens (tertiary/aromatic N) is 2. The lowest BCUT2D eigenvalue weighted by Gasteiger charge is -2.08. The van der Waals surface area contributed by atoms with E-state index in [2.05, 4.69) is 10.4 Å². The first-order valence-corrected chi connectivity index (χ1v) is 6.66. The molecule has 0 saturated heterocycles. The molecule has 0 radical (unpaired) electrons. The second kappa shape index (κ2) is 6.69. The van der Waals surface area contributed by atoms with Gasteiger partial charge in [0, 0.05) is 11.8 Å². The number of ether oxygens (including phenoxy) is 1. The highest BCUT2D eigenvalue weighted by Gasteiger charge is 2.04. The number of carbonyl (C=O) groups excluding carboxylic acids is 1. The molecular formula is C15H17N3O3. The molecule has 6 nitrogen and oxygen atoms in total. The number of nitrogens with one attached hydrogen (secondary N) is 1. The molecule has 0 aliphatic rings. The zero-order chi connectivity index (χ0) is 15.2. The van der Waals surface area contributed by atoms with Gasteiger partial charge in [-0.2, -0.15) is 5.10 Å². The molecule has 110 valence electrons. The molecule has 0 unspecified atom stereocenters. The van der Waals surface area contributed by atoms with Crippen LogP contribution in [-0.2, 0) is 11.3 Å². The van der Waals surface area contributed by atoms with E-state index in [1.54, 1.807) is 31.2 Å². The van der Waals surface area contributed by atoms with Crippen molar-refractivity contribution in [3.8, 4) is 0 Å². The van der Waals surface area contributed by atoms with Crippen LogP contribution >= 0.6 is 0 Å². The molecule has 0 fully saturated rings. The van der Waals surface area contributed by atoms with E-state index in [0.29, 0.717) is 18.8 Å². The molecule has 1 aromatic heterocycles. The number of anilines is 1. The Bertz CT molecular complexity index is 695. The van der Waals surface area contributed by atoms with Gasteiger partial charge in [0.05, 0.1) is 18.8 Å². The maximum Gasteiger partial charge on any atom is 0.411 e. The van der Waals surface area contributed by atoms with Crippen LogP contribution in [0.5, 0.6) is 0 Å². The Morgan fingerprint density at radius 1 is 1.33 bits per heavy atom. The van der Waals surface area contributed by atoms with Crippen LogP contribution < -0.4 is 10.9 Å². The van der Waals surface area contributed by atoms with Crippen LogP contribution in [0, 0.1) is 6.92 Å². The van der Waals surface area contributed by atoms with Gasteiger partial charge in [0.25, 0.3) is 5.56 Å². The summed E-state index contributed by atoms with van der Waals surface area (Å²) in [6, 6.07) is 10.4. The molecule has 0 aliphatic carbocycles. The largest absolute Gasteiger partial charge is 0.450 e. The number of aryl methyl sites for hydroxylation is 1. The van der Waals surface area contributed by atoms with Gasteiger partial charge in [0.15, 0.2) is 0 Å². The minimum atomic E-state index is -0.500. The summed E-state index contributed by atoms with van der Waals surface area (Å²) in [6.45, 7) is 4.23. The predicted octanol–water partition coefficient (Wildman–Crippen LogP) is 2.17. The van der Waals surface area contributed by atoms with Gasteiger partial charge in [-0.15, -0.1) is 0 Å². The monoisotopic (exact) mass is 287 g/mol. The Balaban J connectivity index is 2.16. The summed E-state index contributed by atoms with van der Waals surface area (Å²) < 4.78 is 6.21. The lowest BCUT2D eigenvalue weighted by Crippen LogP contribution is -2.23. The fourth-order valence-electron chi connectivity index (χ4n) is 1.87. The Labute approximate surface area is 122 Å².